The van der Waals surface area contributed by atoms with E-state index in [1.165, 1.54) is 30.5 Å². The number of carbonyl (C=O) groups is 1. The zero-order valence-electron chi connectivity index (χ0n) is 9.91. The number of halogens is 3. The van der Waals surface area contributed by atoms with Crippen LogP contribution >= 0.6 is 11.3 Å². The molecule has 2 nitrogen and oxygen atoms in total. The number of benzene rings is 1. The Morgan fingerprint density at radius 3 is 2.32 bits per heavy atom. The molecule has 0 saturated carbocycles. The molecule has 1 aromatic carbocycles. The monoisotopic (exact) mass is 285 g/mol. The highest BCUT2D eigenvalue weighted by Gasteiger charge is 2.29. The van der Waals surface area contributed by atoms with Gasteiger partial charge < -0.3 is 5.32 Å². The number of alkyl halides is 3. The van der Waals surface area contributed by atoms with Gasteiger partial charge in [0.15, 0.2) is 0 Å². The van der Waals surface area contributed by atoms with Crippen molar-refractivity contribution in [1.82, 2.24) is 5.32 Å². The third kappa shape index (κ3) is 2.96. The maximum Gasteiger partial charge on any atom is 0.416 e. The number of amides is 1. The van der Waals surface area contributed by atoms with Crippen LogP contribution in [-0.4, -0.2) is 13.0 Å². The Morgan fingerprint density at radius 1 is 1.16 bits per heavy atom. The van der Waals surface area contributed by atoms with E-state index < -0.39 is 11.7 Å². The molecular weight excluding hydrogens is 275 g/mol. The Kier molecular flexibility index (Phi) is 3.61. The van der Waals surface area contributed by atoms with Crippen LogP contribution in [0, 0.1) is 0 Å². The Hall–Kier alpha value is -1.82. The molecule has 1 N–H and O–H groups in total. The van der Waals surface area contributed by atoms with Gasteiger partial charge in [0.1, 0.15) is 0 Å². The van der Waals surface area contributed by atoms with E-state index >= 15 is 0 Å². The van der Waals surface area contributed by atoms with Gasteiger partial charge >= 0.3 is 6.18 Å². The summed E-state index contributed by atoms with van der Waals surface area (Å²) in [4.78, 5) is 11.9. The molecule has 0 aliphatic rings. The van der Waals surface area contributed by atoms with E-state index in [4.69, 9.17) is 0 Å². The van der Waals surface area contributed by atoms with Crippen LogP contribution in [0.25, 0.3) is 11.1 Å². The van der Waals surface area contributed by atoms with E-state index in [-0.39, 0.29) is 5.91 Å². The molecule has 6 heteroatoms. The normalized spacial score (nSPS) is 11.4. The minimum Gasteiger partial charge on any atom is -0.354 e. The second kappa shape index (κ2) is 5.05. The summed E-state index contributed by atoms with van der Waals surface area (Å²) in [5.41, 5.74) is 0.703. The van der Waals surface area contributed by atoms with Crippen LogP contribution in [0.5, 0.6) is 0 Å². The molecule has 19 heavy (non-hydrogen) atoms. The highest BCUT2D eigenvalue weighted by Crippen LogP contribution is 2.32. The second-order valence-corrected chi connectivity index (χ2v) is 4.77. The summed E-state index contributed by atoms with van der Waals surface area (Å²) in [6, 6.07) is 6.53. The fourth-order valence-corrected chi connectivity index (χ4v) is 2.44. The SMILES string of the molecule is CNC(=O)c1cc(-c2ccc(C(F)(F)F)cc2)cs1. The predicted molar refractivity (Wildman–Crippen MR) is 68.1 cm³/mol. The molecular formula is C13H10F3NOS. The molecule has 0 aliphatic carbocycles. The van der Waals surface area contributed by atoms with Gasteiger partial charge in [-0.2, -0.15) is 13.2 Å². The van der Waals surface area contributed by atoms with Crippen molar-refractivity contribution < 1.29 is 18.0 Å². The highest BCUT2D eigenvalue weighted by atomic mass is 32.1. The molecule has 0 atom stereocenters. The average Bonchev–Trinajstić information content (AvgIpc) is 2.86. The lowest BCUT2D eigenvalue weighted by Gasteiger charge is -2.06. The van der Waals surface area contributed by atoms with Crippen LogP contribution in [0.2, 0.25) is 0 Å². The van der Waals surface area contributed by atoms with Gasteiger partial charge in [0.25, 0.3) is 5.91 Å². The summed E-state index contributed by atoms with van der Waals surface area (Å²) in [5, 5.41) is 4.24. The molecule has 0 fully saturated rings. The summed E-state index contributed by atoms with van der Waals surface area (Å²) in [5.74, 6) is -0.205. The first-order chi connectivity index (χ1) is 8.91. The van der Waals surface area contributed by atoms with Gasteiger partial charge in [0.2, 0.25) is 0 Å². The fraction of sp³-hybridized carbons (Fsp3) is 0.154. The van der Waals surface area contributed by atoms with Crippen molar-refractivity contribution >= 4 is 17.2 Å². The van der Waals surface area contributed by atoms with Crippen LogP contribution < -0.4 is 5.32 Å². The summed E-state index contributed by atoms with van der Waals surface area (Å²) < 4.78 is 37.3. The van der Waals surface area contributed by atoms with Crippen molar-refractivity contribution in [1.29, 1.82) is 0 Å². The van der Waals surface area contributed by atoms with Crippen molar-refractivity contribution in [2.24, 2.45) is 0 Å². The maximum atomic E-state index is 12.4. The fourth-order valence-electron chi connectivity index (χ4n) is 1.58. The largest absolute Gasteiger partial charge is 0.416 e. The van der Waals surface area contributed by atoms with E-state index in [2.05, 4.69) is 5.32 Å². The average molecular weight is 285 g/mol. The number of rotatable bonds is 2. The van der Waals surface area contributed by atoms with E-state index in [0.29, 0.717) is 10.4 Å². The molecule has 0 aliphatic heterocycles. The quantitative estimate of drug-likeness (QED) is 0.893. The minimum absolute atomic E-state index is 0.205. The van der Waals surface area contributed by atoms with E-state index in [9.17, 15) is 18.0 Å². The van der Waals surface area contributed by atoms with E-state index in [0.717, 1.165) is 17.7 Å². The minimum atomic E-state index is -4.33. The van der Waals surface area contributed by atoms with E-state index in [1.54, 1.807) is 11.4 Å². The third-order valence-electron chi connectivity index (χ3n) is 2.60. The summed E-state index contributed by atoms with van der Waals surface area (Å²) in [7, 11) is 1.53. The van der Waals surface area contributed by atoms with Crippen LogP contribution in [0.1, 0.15) is 15.2 Å². The zero-order chi connectivity index (χ0) is 14.0. The van der Waals surface area contributed by atoms with Gasteiger partial charge in [-0.05, 0) is 34.7 Å². The number of hydrogen-bond acceptors (Lipinski definition) is 2. The molecule has 0 bridgehead atoms. The molecule has 0 unspecified atom stereocenters. The van der Waals surface area contributed by atoms with Crippen LogP contribution in [0.4, 0.5) is 13.2 Å². The van der Waals surface area contributed by atoms with Crippen molar-refractivity contribution in [3.63, 3.8) is 0 Å². The first-order valence-corrected chi connectivity index (χ1v) is 6.28. The van der Waals surface area contributed by atoms with Crippen molar-refractivity contribution in [2.45, 2.75) is 6.18 Å². The lowest BCUT2D eigenvalue weighted by Crippen LogP contribution is -2.15. The van der Waals surface area contributed by atoms with Gasteiger partial charge in [-0.15, -0.1) is 11.3 Å². The molecule has 1 heterocycles. The topological polar surface area (TPSA) is 29.1 Å². The second-order valence-electron chi connectivity index (χ2n) is 3.85. The standard InChI is InChI=1S/C13H10F3NOS/c1-17-12(18)11-6-9(7-19-11)8-2-4-10(5-3-8)13(14,15)16/h2-7H,1H3,(H,17,18). The molecule has 1 aromatic heterocycles. The van der Waals surface area contributed by atoms with Gasteiger partial charge in [0.05, 0.1) is 10.4 Å². The summed E-state index contributed by atoms with van der Waals surface area (Å²) in [6.45, 7) is 0. The molecule has 100 valence electrons. The molecule has 2 aromatic rings. The van der Waals surface area contributed by atoms with Crippen LogP contribution in [0.15, 0.2) is 35.7 Å². The molecule has 0 radical (unpaired) electrons. The zero-order valence-corrected chi connectivity index (χ0v) is 10.7. The molecule has 0 spiro atoms. The van der Waals surface area contributed by atoms with Gasteiger partial charge in [-0.3, -0.25) is 4.79 Å². The Labute approximate surface area is 111 Å². The highest BCUT2D eigenvalue weighted by molar-refractivity contribution is 7.12. The number of thiophene rings is 1. The first-order valence-electron chi connectivity index (χ1n) is 5.40. The molecule has 0 saturated heterocycles. The molecule has 2 rings (SSSR count). The lowest BCUT2D eigenvalue weighted by molar-refractivity contribution is -0.137. The summed E-state index contributed by atoms with van der Waals surface area (Å²) >= 11 is 1.25. The van der Waals surface area contributed by atoms with Crippen molar-refractivity contribution in [2.75, 3.05) is 7.05 Å². The third-order valence-corrected chi connectivity index (χ3v) is 3.52. The number of nitrogens with one attached hydrogen (secondary N) is 1. The Balaban J connectivity index is 2.28. The lowest BCUT2D eigenvalue weighted by atomic mass is 10.1. The summed E-state index contributed by atoms with van der Waals surface area (Å²) in [6.07, 6.45) is -4.33. The number of hydrogen-bond donors (Lipinski definition) is 1. The van der Waals surface area contributed by atoms with Crippen molar-refractivity contribution in [3.8, 4) is 11.1 Å². The van der Waals surface area contributed by atoms with Gasteiger partial charge in [-0.1, -0.05) is 12.1 Å². The predicted octanol–water partition coefficient (Wildman–Crippen LogP) is 3.79. The van der Waals surface area contributed by atoms with Crippen molar-refractivity contribution in [3.05, 3.63) is 46.2 Å². The number of carbonyl (C=O) groups excluding carboxylic acids is 1. The Morgan fingerprint density at radius 2 is 1.79 bits per heavy atom. The molecule has 1 amide bonds. The van der Waals surface area contributed by atoms with Crippen LogP contribution in [0.3, 0.4) is 0 Å². The van der Waals surface area contributed by atoms with Crippen LogP contribution in [-0.2, 0) is 6.18 Å². The van der Waals surface area contributed by atoms with E-state index in [1.807, 2.05) is 0 Å². The maximum absolute atomic E-state index is 12.4. The van der Waals surface area contributed by atoms with Gasteiger partial charge in [-0.25, -0.2) is 0 Å². The Bertz CT molecular complexity index is 587. The van der Waals surface area contributed by atoms with Gasteiger partial charge in [0, 0.05) is 7.05 Å². The smallest absolute Gasteiger partial charge is 0.354 e. The first kappa shape index (κ1) is 13.6.